The van der Waals surface area contributed by atoms with Gasteiger partial charge in [-0.1, -0.05) is 71.1 Å². The minimum absolute atomic E-state index is 0.00489. The van der Waals surface area contributed by atoms with Crippen molar-refractivity contribution < 1.29 is 63.3 Å². The first-order valence-corrected chi connectivity index (χ1v) is 23.5. The van der Waals surface area contributed by atoms with Gasteiger partial charge in [0, 0.05) is 51.4 Å². The maximum atomic E-state index is 14.3. The fourth-order valence-corrected chi connectivity index (χ4v) is 9.85. The zero-order chi connectivity index (χ0) is 47.5. The second kappa shape index (κ2) is 24.4. The van der Waals surface area contributed by atoms with Crippen LogP contribution < -0.4 is 0 Å². The number of esters is 1. The molecule has 1 unspecified atom stereocenters. The van der Waals surface area contributed by atoms with E-state index in [1.807, 2.05) is 32.1 Å². The Labute approximate surface area is 380 Å². The molecule has 14 heteroatoms. The number of hydrogen-bond acceptors (Lipinski definition) is 13. The van der Waals surface area contributed by atoms with E-state index in [-0.39, 0.29) is 61.2 Å². The number of methoxy groups -OCH3 is 2. The first kappa shape index (κ1) is 53.2. The average Bonchev–Trinajstić information content (AvgIpc) is 3.26. The average molecular weight is 900 g/mol. The maximum Gasteiger partial charge on any atom is 0.329 e. The van der Waals surface area contributed by atoms with Gasteiger partial charge < -0.3 is 44.3 Å². The van der Waals surface area contributed by atoms with Crippen molar-refractivity contribution in [2.24, 2.45) is 35.5 Å². The van der Waals surface area contributed by atoms with Crippen LogP contribution in [0.4, 0.5) is 0 Å². The molecule has 3 fully saturated rings. The number of nitrogens with zero attached hydrogens (tertiary/aromatic N) is 1. The fraction of sp³-hybridized carbons (Fsp3) is 0.740. The number of carbonyl (C=O) groups excluding carboxylic acids is 5. The van der Waals surface area contributed by atoms with Crippen molar-refractivity contribution in [1.82, 2.24) is 4.90 Å². The minimum atomic E-state index is -2.48. The van der Waals surface area contributed by atoms with Crippen molar-refractivity contribution in [2.45, 2.75) is 180 Å². The molecule has 1 aliphatic carbocycles. The molecule has 2 saturated heterocycles. The van der Waals surface area contributed by atoms with E-state index in [1.165, 1.54) is 7.11 Å². The zero-order valence-corrected chi connectivity index (χ0v) is 39.6. The van der Waals surface area contributed by atoms with Gasteiger partial charge in [-0.15, -0.1) is 0 Å². The van der Waals surface area contributed by atoms with Crippen LogP contribution in [0.25, 0.3) is 0 Å². The van der Waals surface area contributed by atoms with Gasteiger partial charge in [-0.05, 0) is 107 Å². The predicted octanol–water partition coefficient (Wildman–Crippen LogP) is 5.53. The first-order valence-electron chi connectivity index (χ1n) is 23.5. The van der Waals surface area contributed by atoms with E-state index in [0.717, 1.165) is 4.90 Å². The molecule has 14 nitrogen and oxygen atoms in total. The number of ether oxygens (including phenoxy) is 4. The summed E-state index contributed by atoms with van der Waals surface area (Å²) in [7, 11) is 2.93. The summed E-state index contributed by atoms with van der Waals surface area (Å²) in [5.41, 5.74) is 1.000. The topological polar surface area (TPSA) is 206 Å². The fourth-order valence-electron chi connectivity index (χ4n) is 9.85. The molecule has 64 heavy (non-hydrogen) atoms. The van der Waals surface area contributed by atoms with Crippen molar-refractivity contribution in [3.05, 3.63) is 47.6 Å². The molecule has 4 rings (SSSR count). The number of aliphatic hydroxyl groups is 4. The quantitative estimate of drug-likeness (QED) is 0.153. The summed E-state index contributed by atoms with van der Waals surface area (Å²) in [6, 6.07) is -1.16. The van der Waals surface area contributed by atoms with Crippen LogP contribution in [0.2, 0.25) is 0 Å². The third-order valence-corrected chi connectivity index (χ3v) is 14.2. The van der Waals surface area contributed by atoms with Crippen LogP contribution in [0.1, 0.15) is 126 Å². The molecule has 0 aromatic carbocycles. The number of allylic oxidation sites excluding steroid dienone is 6. The molecule has 0 aromatic rings. The lowest BCUT2D eigenvalue weighted by Crippen LogP contribution is -2.61. The van der Waals surface area contributed by atoms with Crippen LogP contribution in [0.15, 0.2) is 47.6 Å². The van der Waals surface area contributed by atoms with Gasteiger partial charge in [0.05, 0.1) is 24.4 Å². The van der Waals surface area contributed by atoms with E-state index in [9.17, 15) is 44.4 Å². The summed E-state index contributed by atoms with van der Waals surface area (Å²) < 4.78 is 23.3. The van der Waals surface area contributed by atoms with Gasteiger partial charge in [-0.25, -0.2) is 4.79 Å². The Kier molecular flexibility index (Phi) is 20.3. The van der Waals surface area contributed by atoms with E-state index < -0.39 is 83.9 Å². The molecule has 15 atom stereocenters. The van der Waals surface area contributed by atoms with Crippen LogP contribution in [0.5, 0.6) is 0 Å². The van der Waals surface area contributed by atoms with Gasteiger partial charge in [0.15, 0.2) is 5.78 Å². The molecule has 0 aromatic heterocycles. The number of amides is 1. The molecule has 3 aliphatic heterocycles. The van der Waals surface area contributed by atoms with Gasteiger partial charge >= 0.3 is 5.97 Å². The molecule has 4 aliphatic rings. The molecular formula is C50H77NO13. The summed E-state index contributed by atoms with van der Waals surface area (Å²) in [5.74, 6) is -8.24. The number of rotatable bonds is 5. The van der Waals surface area contributed by atoms with Crippen molar-refractivity contribution in [2.75, 3.05) is 20.8 Å². The molecule has 4 N–H and O–H groups in total. The maximum absolute atomic E-state index is 14.3. The molecule has 1 amide bonds. The normalized spacial score (nSPS) is 40.9. The number of cyclic esters (lactones) is 1. The van der Waals surface area contributed by atoms with Crippen LogP contribution in [0, 0.1) is 35.5 Å². The third-order valence-electron chi connectivity index (χ3n) is 14.2. The van der Waals surface area contributed by atoms with Crippen molar-refractivity contribution >= 4 is 29.2 Å². The minimum Gasteiger partial charge on any atom is -0.460 e. The van der Waals surface area contributed by atoms with E-state index in [1.54, 1.807) is 60.0 Å². The number of aliphatic hydroxyl groups excluding tert-OH is 3. The molecule has 2 bridgehead atoms. The number of ketones is 3. The molecule has 360 valence electrons. The Bertz CT molecular complexity index is 1740. The van der Waals surface area contributed by atoms with E-state index in [2.05, 4.69) is 0 Å². The van der Waals surface area contributed by atoms with Gasteiger partial charge in [0.25, 0.3) is 11.7 Å². The number of fused-ring (bicyclic) bond motifs is 3. The van der Waals surface area contributed by atoms with Crippen LogP contribution in [-0.2, 0) is 42.9 Å². The summed E-state index contributed by atoms with van der Waals surface area (Å²) >= 11 is 0. The largest absolute Gasteiger partial charge is 0.460 e. The predicted molar refractivity (Wildman–Crippen MR) is 240 cm³/mol. The monoisotopic (exact) mass is 900 g/mol. The molecule has 1 saturated carbocycles. The van der Waals surface area contributed by atoms with Crippen molar-refractivity contribution in [3.63, 3.8) is 0 Å². The van der Waals surface area contributed by atoms with Gasteiger partial charge in [-0.2, -0.15) is 0 Å². The highest BCUT2D eigenvalue weighted by Gasteiger charge is 2.53. The van der Waals surface area contributed by atoms with Gasteiger partial charge in [0.2, 0.25) is 5.79 Å². The van der Waals surface area contributed by atoms with Gasteiger partial charge in [-0.3, -0.25) is 19.2 Å². The van der Waals surface area contributed by atoms with E-state index in [4.69, 9.17) is 18.9 Å². The lowest BCUT2D eigenvalue weighted by Gasteiger charge is -2.42. The lowest BCUT2D eigenvalue weighted by molar-refractivity contribution is -0.265. The molecule has 0 radical (unpaired) electrons. The number of carbonyl (C=O) groups is 5. The zero-order valence-electron chi connectivity index (χ0n) is 39.6. The SMILES string of the molecule is CO[C@@H]1CC(C[C@@H](C)[C@@H]2CC(=O)[C@H](C)/C=C(\C)[C@@H](O)[C@@H](OC)C(=O)[C@H](C)C[C@H](C)/C=C/C=C/C=C(\C)[C@@H](O)C[C@@H]3CC[C@@H](C)[C@@](O)(O3)C(=O)C(=O)N3CCCC[C@H]3C(=O)O2)CC[C@H]1O. The first-order chi connectivity index (χ1) is 30.2. The smallest absolute Gasteiger partial charge is 0.329 e. The van der Waals surface area contributed by atoms with Crippen molar-refractivity contribution in [1.29, 1.82) is 0 Å². The lowest BCUT2D eigenvalue weighted by atomic mass is 9.78. The summed E-state index contributed by atoms with van der Waals surface area (Å²) in [6.45, 7) is 12.5. The summed E-state index contributed by atoms with van der Waals surface area (Å²) in [5, 5.41) is 44.8. The van der Waals surface area contributed by atoms with Crippen LogP contribution in [-0.4, -0.2) is 130 Å². The van der Waals surface area contributed by atoms with Gasteiger partial charge in [0.1, 0.15) is 30.1 Å². The number of piperidine rings is 1. The Morgan fingerprint density at radius 2 is 1.58 bits per heavy atom. The second-order valence-corrected chi connectivity index (χ2v) is 19.4. The molecular weight excluding hydrogens is 823 g/mol. The number of hydrogen-bond donors (Lipinski definition) is 4. The van der Waals surface area contributed by atoms with Crippen LogP contribution in [0.3, 0.4) is 0 Å². The second-order valence-electron chi connectivity index (χ2n) is 19.4. The Morgan fingerprint density at radius 3 is 2.27 bits per heavy atom. The molecule has 3 heterocycles. The highest BCUT2D eigenvalue weighted by atomic mass is 16.6. The highest BCUT2D eigenvalue weighted by molar-refractivity contribution is 6.39. The Hall–Kier alpha value is -3.37. The van der Waals surface area contributed by atoms with Crippen molar-refractivity contribution in [3.8, 4) is 0 Å². The highest BCUT2D eigenvalue weighted by Crippen LogP contribution is 2.37. The standard InChI is InChI=1S/C50H77NO13/c1-29-15-11-10-12-16-30(2)40(53)27-37-20-18-35(7)50(60,64-37)47(57)48(58)51-22-14-13-17-38(51)49(59)63-42(32(4)25-36-19-21-39(52)43(26-36)61-8)28-41(54)31(3)24-34(6)45(56)46(62-9)44(55)33(5)23-29/h10-12,15-16,24,29,31-33,35-40,42-43,45-46,52-53,56,60H,13-14,17-23,25-28H2,1-9H3/b12-10+,15-11+,30-16+,34-24+/t29-,31-,32-,33-,35-,36?,37+,38+,39-,40+,42+,43-,45-,46+,50-/m1/s1. The third kappa shape index (κ3) is 13.8. The van der Waals surface area contributed by atoms with E-state index >= 15 is 0 Å². The Morgan fingerprint density at radius 1 is 0.859 bits per heavy atom. The van der Waals surface area contributed by atoms with Crippen LogP contribution >= 0.6 is 0 Å². The summed E-state index contributed by atoms with van der Waals surface area (Å²) in [4.78, 5) is 71.4. The Balaban J connectivity index is 1.69. The molecule has 0 spiro atoms. The number of Topliss-reactive ketones (excluding diaryl/α,β-unsaturated/α-hetero) is 3. The van der Waals surface area contributed by atoms with E-state index in [0.29, 0.717) is 68.9 Å². The summed E-state index contributed by atoms with van der Waals surface area (Å²) in [6.07, 6.45) is 9.53.